The second-order valence-electron chi connectivity index (χ2n) is 7.63. The van der Waals surface area contributed by atoms with Crippen LogP contribution in [0.2, 0.25) is 0 Å². The van der Waals surface area contributed by atoms with Crippen LogP contribution >= 0.6 is 0 Å². The average molecular weight is 351 g/mol. The van der Waals surface area contributed by atoms with Gasteiger partial charge in [-0.15, -0.1) is 0 Å². The largest absolute Gasteiger partial charge is 0.338 e. The molecule has 4 rings (SSSR count). The number of hydrogen-bond acceptors (Lipinski definition) is 5. The molecule has 1 unspecified atom stereocenters. The van der Waals surface area contributed by atoms with E-state index in [2.05, 4.69) is 25.9 Å². The highest BCUT2D eigenvalue weighted by atomic mass is 16.2. The van der Waals surface area contributed by atoms with Crippen molar-refractivity contribution in [1.29, 1.82) is 0 Å². The van der Waals surface area contributed by atoms with Crippen LogP contribution in [0.5, 0.6) is 0 Å². The van der Waals surface area contributed by atoms with Gasteiger partial charge in [-0.3, -0.25) is 14.7 Å². The monoisotopic (exact) mass is 351 g/mol. The molecule has 6 nitrogen and oxygen atoms in total. The minimum absolute atomic E-state index is 0.0639. The van der Waals surface area contributed by atoms with Crippen molar-refractivity contribution >= 4 is 5.91 Å². The van der Waals surface area contributed by atoms with Gasteiger partial charge in [0, 0.05) is 56.4 Å². The summed E-state index contributed by atoms with van der Waals surface area (Å²) in [5.41, 5.74) is 2.06. The van der Waals surface area contributed by atoms with Gasteiger partial charge in [0.25, 0.3) is 5.91 Å². The Bertz CT molecular complexity index is 734. The Morgan fingerprint density at radius 3 is 2.62 bits per heavy atom. The first-order valence-electron chi connectivity index (χ1n) is 9.40. The third-order valence-corrected chi connectivity index (χ3v) is 5.63. The maximum atomic E-state index is 12.8. The van der Waals surface area contributed by atoms with Gasteiger partial charge in [0.1, 0.15) is 6.33 Å². The maximum Gasteiger partial charge on any atom is 0.257 e. The molecule has 2 saturated heterocycles. The van der Waals surface area contributed by atoms with Gasteiger partial charge >= 0.3 is 0 Å². The summed E-state index contributed by atoms with van der Waals surface area (Å²) in [5.74, 6) is 0.0639. The number of nitrogens with zero attached hydrogens (tertiary/aromatic N) is 5. The molecule has 4 heterocycles. The third kappa shape index (κ3) is 3.75. The van der Waals surface area contributed by atoms with Crippen LogP contribution in [0.25, 0.3) is 0 Å². The Morgan fingerprint density at radius 2 is 1.85 bits per heavy atom. The number of rotatable bonds is 3. The van der Waals surface area contributed by atoms with Crippen LogP contribution in [-0.4, -0.2) is 56.8 Å². The molecule has 0 aromatic carbocycles. The predicted octanol–water partition coefficient (Wildman–Crippen LogP) is 2.39. The van der Waals surface area contributed by atoms with Gasteiger partial charge in [-0.05, 0) is 43.9 Å². The fraction of sp³-hybridized carbons (Fsp3) is 0.500. The molecule has 2 fully saturated rings. The number of hydrogen-bond donors (Lipinski definition) is 0. The fourth-order valence-electron chi connectivity index (χ4n) is 4.50. The summed E-state index contributed by atoms with van der Waals surface area (Å²) in [7, 11) is 0. The second kappa shape index (κ2) is 7.50. The minimum atomic E-state index is 0.0639. The van der Waals surface area contributed by atoms with Crippen molar-refractivity contribution < 1.29 is 4.79 Å². The highest BCUT2D eigenvalue weighted by molar-refractivity contribution is 5.93. The second-order valence-corrected chi connectivity index (χ2v) is 7.63. The summed E-state index contributed by atoms with van der Waals surface area (Å²) in [4.78, 5) is 29.6. The molecule has 6 heteroatoms. The zero-order valence-electron chi connectivity index (χ0n) is 15.0. The van der Waals surface area contributed by atoms with E-state index in [0.717, 1.165) is 39.1 Å². The van der Waals surface area contributed by atoms with E-state index < -0.39 is 0 Å². The molecule has 0 bridgehead atoms. The van der Waals surface area contributed by atoms with Gasteiger partial charge in [-0.2, -0.15) is 0 Å². The van der Waals surface area contributed by atoms with Crippen LogP contribution in [0.15, 0.2) is 43.2 Å². The van der Waals surface area contributed by atoms with Crippen molar-refractivity contribution in [1.82, 2.24) is 24.8 Å². The highest BCUT2D eigenvalue weighted by Crippen LogP contribution is 2.39. The van der Waals surface area contributed by atoms with Gasteiger partial charge in [-0.1, -0.05) is 6.07 Å². The molecular weight excluding hydrogens is 326 g/mol. The molecule has 2 aromatic rings. The lowest BCUT2D eigenvalue weighted by Gasteiger charge is -2.48. The molecule has 0 radical (unpaired) electrons. The first-order valence-corrected chi connectivity index (χ1v) is 9.40. The normalized spacial score (nSPS) is 23.9. The van der Waals surface area contributed by atoms with Crippen LogP contribution in [0.4, 0.5) is 0 Å². The topological polar surface area (TPSA) is 62.2 Å². The van der Waals surface area contributed by atoms with Gasteiger partial charge < -0.3 is 4.90 Å². The number of amides is 1. The van der Waals surface area contributed by atoms with E-state index in [1.54, 1.807) is 12.4 Å². The molecule has 26 heavy (non-hydrogen) atoms. The third-order valence-electron chi connectivity index (χ3n) is 5.63. The SMILES string of the molecule is O=C(c1cncnc1)N1CCCC2(CCCN(Cc3cccnc3)C2)C1. The molecule has 1 atom stereocenters. The Hall–Kier alpha value is -2.34. The van der Waals surface area contributed by atoms with E-state index in [1.807, 2.05) is 23.4 Å². The van der Waals surface area contributed by atoms with Crippen molar-refractivity contribution in [2.24, 2.45) is 5.41 Å². The zero-order valence-corrected chi connectivity index (χ0v) is 15.0. The molecule has 1 spiro atoms. The lowest BCUT2D eigenvalue weighted by atomic mass is 9.73. The molecule has 2 aliphatic rings. The van der Waals surface area contributed by atoms with Crippen molar-refractivity contribution in [3.8, 4) is 0 Å². The number of carbonyl (C=O) groups excluding carboxylic acids is 1. The van der Waals surface area contributed by atoms with Crippen molar-refractivity contribution in [2.45, 2.75) is 32.2 Å². The van der Waals surface area contributed by atoms with E-state index in [1.165, 1.54) is 31.2 Å². The summed E-state index contributed by atoms with van der Waals surface area (Å²) < 4.78 is 0. The van der Waals surface area contributed by atoms with Gasteiger partial charge in [-0.25, -0.2) is 9.97 Å². The van der Waals surface area contributed by atoms with E-state index in [0.29, 0.717) is 5.56 Å². The number of likely N-dealkylation sites (tertiary alicyclic amines) is 2. The van der Waals surface area contributed by atoms with Gasteiger partial charge in [0.15, 0.2) is 0 Å². The average Bonchev–Trinajstić information content (AvgIpc) is 2.69. The van der Waals surface area contributed by atoms with Crippen molar-refractivity contribution in [3.63, 3.8) is 0 Å². The Morgan fingerprint density at radius 1 is 1.04 bits per heavy atom. The lowest BCUT2D eigenvalue weighted by Crippen LogP contribution is -2.53. The Kier molecular flexibility index (Phi) is 4.93. The molecular formula is C20H25N5O. The van der Waals surface area contributed by atoms with E-state index in [4.69, 9.17) is 0 Å². The van der Waals surface area contributed by atoms with Gasteiger partial charge in [0.05, 0.1) is 5.56 Å². The van der Waals surface area contributed by atoms with E-state index in [9.17, 15) is 4.79 Å². The van der Waals surface area contributed by atoms with E-state index >= 15 is 0 Å². The summed E-state index contributed by atoms with van der Waals surface area (Å²) in [6.45, 7) is 4.78. The maximum absolute atomic E-state index is 12.8. The smallest absolute Gasteiger partial charge is 0.257 e. The van der Waals surface area contributed by atoms with Crippen LogP contribution in [0, 0.1) is 5.41 Å². The van der Waals surface area contributed by atoms with Gasteiger partial charge in [0.2, 0.25) is 0 Å². The standard InChI is InChI=1S/C20H25N5O/c26-19(18-11-22-16-23-12-18)25-9-3-6-20(15-25)5-2-8-24(14-20)13-17-4-1-7-21-10-17/h1,4,7,10-12,16H,2-3,5-6,8-9,13-15H2. The van der Waals surface area contributed by atoms with E-state index in [-0.39, 0.29) is 11.3 Å². The quantitative estimate of drug-likeness (QED) is 0.850. The van der Waals surface area contributed by atoms with Crippen LogP contribution in [0.3, 0.4) is 0 Å². The minimum Gasteiger partial charge on any atom is -0.338 e. The van der Waals surface area contributed by atoms with Crippen LogP contribution < -0.4 is 0 Å². The van der Waals surface area contributed by atoms with Crippen LogP contribution in [-0.2, 0) is 6.54 Å². The van der Waals surface area contributed by atoms with Crippen molar-refractivity contribution in [2.75, 3.05) is 26.2 Å². The van der Waals surface area contributed by atoms with Crippen LogP contribution in [0.1, 0.15) is 41.6 Å². The number of aromatic nitrogens is 3. The van der Waals surface area contributed by atoms with Crippen molar-refractivity contribution in [3.05, 3.63) is 54.4 Å². The number of piperidine rings is 2. The highest BCUT2D eigenvalue weighted by Gasteiger charge is 2.40. The summed E-state index contributed by atoms with van der Waals surface area (Å²) in [6.07, 6.45) is 13.1. The lowest BCUT2D eigenvalue weighted by molar-refractivity contribution is 0.0113. The summed E-state index contributed by atoms with van der Waals surface area (Å²) in [6, 6.07) is 4.14. The zero-order chi connectivity index (χ0) is 17.8. The molecule has 2 aliphatic heterocycles. The first kappa shape index (κ1) is 17.1. The summed E-state index contributed by atoms with van der Waals surface area (Å²) in [5, 5.41) is 0. The predicted molar refractivity (Wildman–Crippen MR) is 98.4 cm³/mol. The molecule has 2 aromatic heterocycles. The molecule has 136 valence electrons. The first-order chi connectivity index (χ1) is 12.7. The fourth-order valence-corrected chi connectivity index (χ4v) is 4.50. The Labute approximate surface area is 154 Å². The Balaban J connectivity index is 1.44. The number of pyridine rings is 1. The number of carbonyl (C=O) groups is 1. The molecule has 0 saturated carbocycles. The summed E-state index contributed by atoms with van der Waals surface area (Å²) >= 11 is 0. The molecule has 1 amide bonds. The molecule has 0 aliphatic carbocycles. The molecule has 0 N–H and O–H groups in total.